The fourth-order valence-electron chi connectivity index (χ4n) is 2.44. The lowest BCUT2D eigenvalue weighted by Gasteiger charge is -2.15. The van der Waals surface area contributed by atoms with Crippen LogP contribution in [-0.4, -0.2) is 0 Å². The summed E-state index contributed by atoms with van der Waals surface area (Å²) in [6, 6.07) is 0. The van der Waals surface area contributed by atoms with Gasteiger partial charge in [-0.05, 0) is 11.8 Å². The molecule has 114 valence electrons. The largest absolute Gasteiger partial charge is 0.0776 e. The molecule has 2 aliphatic rings. The Morgan fingerprint density at radius 3 is 0.833 bits per heavy atom. The first-order valence-electron chi connectivity index (χ1n) is 8.29. The van der Waals surface area contributed by atoms with E-state index >= 15 is 0 Å². The SMILES string of the molecule is C.CC.CC.CC1CCCC1.CC1CCCCC1. The Balaban J connectivity index is -0.000000189. The molecule has 0 heteroatoms. The highest BCUT2D eigenvalue weighted by Crippen LogP contribution is 2.23. The summed E-state index contributed by atoms with van der Waals surface area (Å²) in [5.41, 5.74) is 0. The summed E-state index contributed by atoms with van der Waals surface area (Å²) >= 11 is 0. The van der Waals surface area contributed by atoms with Crippen LogP contribution in [0.2, 0.25) is 0 Å². The maximum atomic E-state index is 2.36. The average Bonchev–Trinajstić information content (AvgIpc) is 2.87. The van der Waals surface area contributed by atoms with Crippen LogP contribution < -0.4 is 0 Å². The van der Waals surface area contributed by atoms with Crippen LogP contribution >= 0.6 is 0 Å². The van der Waals surface area contributed by atoms with Crippen molar-refractivity contribution < 1.29 is 0 Å². The van der Waals surface area contributed by atoms with Gasteiger partial charge in [-0.25, -0.2) is 0 Å². The van der Waals surface area contributed by atoms with Gasteiger partial charge in [-0.3, -0.25) is 0 Å². The lowest BCUT2D eigenvalue weighted by atomic mass is 9.91. The molecule has 2 saturated carbocycles. The van der Waals surface area contributed by atoms with Gasteiger partial charge in [-0.2, -0.15) is 0 Å². The Morgan fingerprint density at radius 2 is 0.722 bits per heavy atom. The van der Waals surface area contributed by atoms with Crippen LogP contribution in [0.15, 0.2) is 0 Å². The van der Waals surface area contributed by atoms with E-state index in [-0.39, 0.29) is 7.43 Å². The fourth-order valence-corrected chi connectivity index (χ4v) is 2.44. The normalized spacial score (nSPS) is 19.0. The molecule has 0 amide bonds. The van der Waals surface area contributed by atoms with Crippen molar-refractivity contribution in [2.45, 2.75) is 107 Å². The van der Waals surface area contributed by atoms with Gasteiger partial charge in [0.2, 0.25) is 0 Å². The van der Waals surface area contributed by atoms with Crippen molar-refractivity contribution in [2.24, 2.45) is 11.8 Å². The van der Waals surface area contributed by atoms with E-state index in [1.807, 2.05) is 27.7 Å². The quantitative estimate of drug-likeness (QED) is 0.422. The summed E-state index contributed by atoms with van der Waals surface area (Å²) in [6.45, 7) is 12.7. The van der Waals surface area contributed by atoms with Crippen molar-refractivity contribution in [3.05, 3.63) is 0 Å². The lowest BCUT2D eigenvalue weighted by Crippen LogP contribution is -1.99. The van der Waals surface area contributed by atoms with Crippen LogP contribution in [0, 0.1) is 11.8 Å². The van der Waals surface area contributed by atoms with Crippen molar-refractivity contribution in [1.29, 1.82) is 0 Å². The van der Waals surface area contributed by atoms with Crippen molar-refractivity contribution in [3.8, 4) is 0 Å². The second kappa shape index (κ2) is 19.3. The number of hydrogen-bond acceptors (Lipinski definition) is 0. The van der Waals surface area contributed by atoms with Gasteiger partial charge >= 0.3 is 0 Å². The van der Waals surface area contributed by atoms with Gasteiger partial charge in [0, 0.05) is 0 Å². The van der Waals surface area contributed by atoms with Crippen molar-refractivity contribution in [3.63, 3.8) is 0 Å². The van der Waals surface area contributed by atoms with Gasteiger partial charge in [-0.1, -0.05) is 107 Å². The van der Waals surface area contributed by atoms with E-state index in [0.717, 1.165) is 11.8 Å². The Kier molecular flexibility index (Phi) is 24.8. The molecular formula is C18H42. The highest BCUT2D eigenvalue weighted by atomic mass is 14.1. The number of rotatable bonds is 0. The molecular weight excluding hydrogens is 216 g/mol. The molecule has 0 radical (unpaired) electrons. The molecule has 2 fully saturated rings. The van der Waals surface area contributed by atoms with Crippen LogP contribution in [0.5, 0.6) is 0 Å². The van der Waals surface area contributed by atoms with Gasteiger partial charge < -0.3 is 0 Å². The first-order valence-corrected chi connectivity index (χ1v) is 8.29. The Labute approximate surface area is 119 Å². The van der Waals surface area contributed by atoms with Crippen molar-refractivity contribution in [1.82, 2.24) is 0 Å². The van der Waals surface area contributed by atoms with Gasteiger partial charge in [0.1, 0.15) is 0 Å². The average molecular weight is 259 g/mol. The molecule has 0 nitrogen and oxygen atoms in total. The zero-order valence-corrected chi connectivity index (χ0v) is 13.5. The molecule has 0 aliphatic heterocycles. The van der Waals surface area contributed by atoms with Crippen molar-refractivity contribution >= 4 is 0 Å². The number of hydrogen-bond donors (Lipinski definition) is 0. The fraction of sp³-hybridized carbons (Fsp3) is 1.00. The Hall–Kier alpha value is 0. The van der Waals surface area contributed by atoms with Crippen LogP contribution in [0.3, 0.4) is 0 Å². The maximum absolute atomic E-state index is 2.36. The Bertz CT molecular complexity index is 105. The molecule has 2 aliphatic carbocycles. The zero-order chi connectivity index (χ0) is 13.5. The molecule has 2 rings (SSSR count). The summed E-state index contributed by atoms with van der Waals surface area (Å²) in [4.78, 5) is 0. The molecule has 0 saturated heterocycles. The minimum Gasteiger partial charge on any atom is -0.0776 e. The topological polar surface area (TPSA) is 0 Å². The molecule has 0 heterocycles. The third kappa shape index (κ3) is 16.0. The lowest BCUT2D eigenvalue weighted by molar-refractivity contribution is 0.385. The second-order valence-electron chi connectivity index (χ2n) is 5.13. The molecule has 0 atom stereocenters. The Morgan fingerprint density at radius 1 is 0.500 bits per heavy atom. The summed E-state index contributed by atoms with van der Waals surface area (Å²) in [5.74, 6) is 2.08. The summed E-state index contributed by atoms with van der Waals surface area (Å²) in [5, 5.41) is 0. The summed E-state index contributed by atoms with van der Waals surface area (Å²) in [7, 11) is 0. The summed E-state index contributed by atoms with van der Waals surface area (Å²) in [6.07, 6.45) is 13.4. The molecule has 0 N–H and O–H groups in total. The van der Waals surface area contributed by atoms with Crippen LogP contribution in [0.25, 0.3) is 0 Å². The van der Waals surface area contributed by atoms with Gasteiger partial charge in [-0.15, -0.1) is 0 Å². The molecule has 0 spiro atoms. The molecule has 0 aromatic rings. The first-order chi connectivity index (χ1) is 8.29. The smallest absolute Gasteiger partial charge is 0.0443 e. The predicted molar refractivity (Wildman–Crippen MR) is 89.3 cm³/mol. The van der Waals surface area contributed by atoms with Crippen LogP contribution in [-0.2, 0) is 0 Å². The van der Waals surface area contributed by atoms with Crippen molar-refractivity contribution in [2.75, 3.05) is 0 Å². The van der Waals surface area contributed by atoms with E-state index in [2.05, 4.69) is 13.8 Å². The first kappa shape index (κ1) is 23.1. The highest BCUT2D eigenvalue weighted by Gasteiger charge is 2.07. The molecule has 0 unspecified atom stereocenters. The molecule has 0 bridgehead atoms. The second-order valence-corrected chi connectivity index (χ2v) is 5.13. The zero-order valence-electron chi connectivity index (χ0n) is 13.5. The standard InChI is InChI=1S/C7H14.C6H12.2C2H6.CH4/c1-7-5-3-2-4-6-7;1-6-4-2-3-5-6;2*1-2;/h7H,2-6H2,1H3;6H,2-5H2,1H3;2*1-2H3;1H4. The van der Waals surface area contributed by atoms with Crippen LogP contribution in [0.1, 0.15) is 107 Å². The van der Waals surface area contributed by atoms with Gasteiger partial charge in [0.05, 0.1) is 0 Å². The monoisotopic (exact) mass is 258 g/mol. The van der Waals surface area contributed by atoms with E-state index in [4.69, 9.17) is 0 Å². The minimum atomic E-state index is 0. The van der Waals surface area contributed by atoms with E-state index in [1.54, 1.807) is 0 Å². The molecule has 0 aromatic heterocycles. The highest BCUT2D eigenvalue weighted by molar-refractivity contribution is 4.60. The summed E-state index contributed by atoms with van der Waals surface area (Å²) < 4.78 is 0. The molecule has 0 aromatic carbocycles. The van der Waals surface area contributed by atoms with Gasteiger partial charge in [0.15, 0.2) is 0 Å². The molecule has 18 heavy (non-hydrogen) atoms. The van der Waals surface area contributed by atoms with E-state index < -0.39 is 0 Å². The van der Waals surface area contributed by atoms with E-state index in [9.17, 15) is 0 Å². The van der Waals surface area contributed by atoms with E-state index in [1.165, 1.54) is 57.8 Å². The maximum Gasteiger partial charge on any atom is -0.0443 e. The van der Waals surface area contributed by atoms with E-state index in [0.29, 0.717) is 0 Å². The van der Waals surface area contributed by atoms with Crippen LogP contribution in [0.4, 0.5) is 0 Å². The third-order valence-electron chi connectivity index (χ3n) is 3.54. The third-order valence-corrected chi connectivity index (χ3v) is 3.54. The predicted octanol–water partition coefficient (Wildman–Crippen LogP) is 7.47. The van der Waals surface area contributed by atoms with Gasteiger partial charge in [0.25, 0.3) is 0 Å². The minimum absolute atomic E-state index is 0.